The molecular formula is C17H28O4S. The van der Waals surface area contributed by atoms with Gasteiger partial charge in [-0.1, -0.05) is 0 Å². The fraction of sp³-hybridized carbons (Fsp3) is 0.824. The van der Waals surface area contributed by atoms with Crippen LogP contribution in [-0.2, 0) is 30.0 Å². The molecule has 4 nitrogen and oxygen atoms in total. The van der Waals surface area contributed by atoms with E-state index in [1.165, 1.54) is 25.7 Å². The van der Waals surface area contributed by atoms with Gasteiger partial charge in [0.05, 0.1) is 36.9 Å². The second kappa shape index (κ2) is 7.45. The molecule has 2 aliphatic carbocycles. The van der Waals surface area contributed by atoms with Crippen LogP contribution in [0, 0.1) is 6.26 Å². The standard InChI is InChI=1S/C8H12O2.C6H8O2.C3H8S/c1-2-8(6-10-8)4-3-7(1)5-9-7;7-5-1-2-6(8)4-3-5;1-4(2)3/h1-6H2;1-4H2;1H2,2-3H3. The summed E-state index contributed by atoms with van der Waals surface area (Å²) >= 11 is 0. The molecule has 2 saturated heterocycles. The van der Waals surface area contributed by atoms with Gasteiger partial charge in [0.25, 0.3) is 0 Å². The van der Waals surface area contributed by atoms with Crippen molar-refractivity contribution in [1.29, 1.82) is 0 Å². The van der Waals surface area contributed by atoms with Crippen molar-refractivity contribution in [3.63, 3.8) is 0 Å². The van der Waals surface area contributed by atoms with Crippen molar-refractivity contribution in [3.8, 4) is 0 Å². The molecule has 2 aliphatic heterocycles. The quantitative estimate of drug-likeness (QED) is 0.389. The van der Waals surface area contributed by atoms with Crippen molar-refractivity contribution >= 4 is 22.5 Å². The van der Waals surface area contributed by atoms with Crippen molar-refractivity contribution < 1.29 is 19.1 Å². The van der Waals surface area contributed by atoms with Crippen LogP contribution in [0.5, 0.6) is 0 Å². The average Bonchev–Trinajstić information content (AvgIpc) is 3.35. The number of rotatable bonds is 0. The number of hydrogen-bond donors (Lipinski definition) is 0. The monoisotopic (exact) mass is 328 g/mol. The average molecular weight is 328 g/mol. The third-order valence-electron chi connectivity index (χ3n) is 4.54. The van der Waals surface area contributed by atoms with E-state index in [1.54, 1.807) is 0 Å². The minimum absolute atomic E-state index is 0.240. The zero-order valence-corrected chi connectivity index (χ0v) is 14.6. The Morgan fingerprint density at radius 1 is 0.818 bits per heavy atom. The molecule has 4 aliphatic rings. The summed E-state index contributed by atoms with van der Waals surface area (Å²) in [5, 5.41) is 0. The van der Waals surface area contributed by atoms with Crippen LogP contribution < -0.4 is 0 Å². The van der Waals surface area contributed by atoms with Gasteiger partial charge >= 0.3 is 0 Å². The van der Waals surface area contributed by atoms with Gasteiger partial charge in [-0.2, -0.15) is 10.9 Å². The Bertz CT molecular complexity index is 348. The van der Waals surface area contributed by atoms with E-state index in [-0.39, 0.29) is 11.6 Å². The number of ether oxygens (including phenoxy) is 2. The molecule has 0 unspecified atom stereocenters. The summed E-state index contributed by atoms with van der Waals surface area (Å²) in [7, 11) is 0.389. The first-order chi connectivity index (χ1) is 10.3. The molecule has 0 N–H and O–H groups in total. The maximum Gasteiger partial charge on any atom is 0.133 e. The van der Waals surface area contributed by atoms with E-state index in [1.807, 2.05) is 0 Å². The van der Waals surface area contributed by atoms with Gasteiger partial charge in [0, 0.05) is 25.7 Å². The summed E-state index contributed by atoms with van der Waals surface area (Å²) in [6.07, 6.45) is 14.7. The van der Waals surface area contributed by atoms with Gasteiger partial charge in [0.1, 0.15) is 11.6 Å². The number of carbonyl (C=O) groups excluding carboxylic acids is 2. The fourth-order valence-corrected chi connectivity index (χ4v) is 2.75. The SMILES string of the molecule is C1CC2(CCC13CO3)CO2.O=C1CCC(=O)CC1.[CH2-][S+](C)C. The van der Waals surface area contributed by atoms with Crippen LogP contribution in [0.4, 0.5) is 0 Å². The van der Waals surface area contributed by atoms with E-state index in [0.29, 0.717) is 47.8 Å². The zero-order chi connectivity index (χ0) is 16.2. The number of hydrogen-bond acceptors (Lipinski definition) is 4. The van der Waals surface area contributed by atoms with Gasteiger partial charge in [-0.25, -0.2) is 0 Å². The van der Waals surface area contributed by atoms with E-state index in [9.17, 15) is 9.59 Å². The highest BCUT2D eigenvalue weighted by Crippen LogP contribution is 2.50. The molecular weight excluding hydrogens is 300 g/mol. The Morgan fingerprint density at radius 2 is 1.05 bits per heavy atom. The van der Waals surface area contributed by atoms with Crippen molar-refractivity contribution in [2.45, 2.75) is 62.6 Å². The second-order valence-corrected chi connectivity index (χ2v) is 8.98. The molecule has 0 bridgehead atoms. The molecule has 0 aromatic rings. The molecule has 0 amide bonds. The lowest BCUT2D eigenvalue weighted by Crippen LogP contribution is -2.26. The predicted octanol–water partition coefficient (Wildman–Crippen LogP) is 2.45. The van der Waals surface area contributed by atoms with E-state index in [0.717, 1.165) is 13.2 Å². The predicted molar refractivity (Wildman–Crippen MR) is 88.9 cm³/mol. The summed E-state index contributed by atoms with van der Waals surface area (Å²) in [6, 6.07) is 0. The molecule has 126 valence electrons. The van der Waals surface area contributed by atoms with Crippen molar-refractivity contribution in [2.24, 2.45) is 0 Å². The van der Waals surface area contributed by atoms with E-state index in [4.69, 9.17) is 9.47 Å². The number of carbonyl (C=O) groups is 2. The molecule has 5 heteroatoms. The smallest absolute Gasteiger partial charge is 0.133 e. The molecule has 0 radical (unpaired) electrons. The van der Waals surface area contributed by atoms with Gasteiger partial charge in [-0.15, -0.1) is 6.26 Å². The Balaban J connectivity index is 0.000000133. The topological polar surface area (TPSA) is 59.2 Å². The van der Waals surface area contributed by atoms with Crippen LogP contribution in [0.15, 0.2) is 0 Å². The lowest BCUT2D eigenvalue weighted by Gasteiger charge is -2.22. The third-order valence-corrected chi connectivity index (χ3v) is 4.54. The van der Waals surface area contributed by atoms with Crippen molar-refractivity contribution in [1.82, 2.24) is 0 Å². The Kier molecular flexibility index (Phi) is 6.08. The first-order valence-electron chi connectivity index (χ1n) is 8.03. The highest BCUT2D eigenvalue weighted by molar-refractivity contribution is 7.96. The van der Waals surface area contributed by atoms with Crippen LogP contribution in [0.2, 0.25) is 0 Å². The molecule has 22 heavy (non-hydrogen) atoms. The highest BCUT2D eigenvalue weighted by Gasteiger charge is 2.56. The van der Waals surface area contributed by atoms with Crippen molar-refractivity contribution in [2.75, 3.05) is 25.7 Å². The maximum absolute atomic E-state index is 10.5. The lowest BCUT2D eigenvalue weighted by molar-refractivity contribution is -0.128. The third kappa shape index (κ3) is 6.01. The molecule has 4 fully saturated rings. The minimum Gasteiger partial charge on any atom is -0.370 e. The van der Waals surface area contributed by atoms with Gasteiger partial charge < -0.3 is 9.47 Å². The number of Topliss-reactive ketones (excluding diaryl/α,β-unsaturated/α-hetero) is 2. The summed E-state index contributed by atoms with van der Waals surface area (Å²) < 4.78 is 10.8. The van der Waals surface area contributed by atoms with Gasteiger partial charge in [0.2, 0.25) is 0 Å². The first-order valence-corrected chi connectivity index (χ1v) is 10.2. The Morgan fingerprint density at radius 3 is 1.23 bits per heavy atom. The summed E-state index contributed by atoms with van der Waals surface area (Å²) in [5.41, 5.74) is 0.689. The van der Waals surface area contributed by atoms with Crippen LogP contribution in [-0.4, -0.2) is 48.5 Å². The molecule has 4 rings (SSSR count). The van der Waals surface area contributed by atoms with Crippen molar-refractivity contribution in [3.05, 3.63) is 6.26 Å². The van der Waals surface area contributed by atoms with Gasteiger partial charge in [-0.3, -0.25) is 9.59 Å². The van der Waals surface area contributed by atoms with E-state index >= 15 is 0 Å². The van der Waals surface area contributed by atoms with Gasteiger partial charge in [0.15, 0.2) is 0 Å². The first kappa shape index (κ1) is 18.0. The van der Waals surface area contributed by atoms with E-state index < -0.39 is 0 Å². The maximum atomic E-state index is 10.5. The molecule has 0 atom stereocenters. The molecule has 0 aromatic carbocycles. The molecule has 2 heterocycles. The summed E-state index contributed by atoms with van der Waals surface area (Å²) in [6.45, 7) is 2.03. The highest BCUT2D eigenvalue weighted by atomic mass is 32.2. The Hall–Kier alpha value is -0.390. The van der Waals surface area contributed by atoms with E-state index in [2.05, 4.69) is 18.8 Å². The summed E-state index contributed by atoms with van der Waals surface area (Å²) in [4.78, 5) is 20.9. The fourth-order valence-electron chi connectivity index (χ4n) is 2.75. The zero-order valence-electron chi connectivity index (χ0n) is 13.8. The Labute approximate surface area is 136 Å². The van der Waals surface area contributed by atoms with Gasteiger partial charge in [-0.05, 0) is 25.7 Å². The second-order valence-electron chi connectivity index (χ2n) is 7.01. The normalized spacial score (nSPS) is 35.6. The largest absolute Gasteiger partial charge is 0.370 e. The molecule has 0 aromatic heterocycles. The number of epoxide rings is 2. The number of ketones is 2. The lowest BCUT2D eigenvalue weighted by atomic mass is 9.82. The summed E-state index contributed by atoms with van der Waals surface area (Å²) in [5.74, 6) is 0.481. The van der Waals surface area contributed by atoms with Crippen LogP contribution >= 0.6 is 0 Å². The molecule has 2 saturated carbocycles. The minimum atomic E-state index is 0.240. The molecule has 2 spiro atoms. The van der Waals surface area contributed by atoms with Crippen LogP contribution in [0.3, 0.4) is 0 Å². The van der Waals surface area contributed by atoms with Crippen LogP contribution in [0.25, 0.3) is 0 Å². The van der Waals surface area contributed by atoms with Crippen LogP contribution in [0.1, 0.15) is 51.4 Å².